The maximum atomic E-state index is 10.2. The number of phenolic OH excluding ortho intramolecular Hbond substituents is 2. The normalized spacial score (nSPS) is 39.5. The summed E-state index contributed by atoms with van der Waals surface area (Å²) in [5.41, 5.74) is 0.624. The third-order valence-corrected chi connectivity index (χ3v) is 5.65. The predicted octanol–water partition coefficient (Wildman–Crippen LogP) is -3.72. The molecule has 0 unspecified atom stereocenters. The number of hydrogen-bond acceptors (Lipinski definition) is 13. The SMILES string of the molecule is OC[C@H]1O[C@@H](OC[C@H]2O[C@@H](OCCc3ccc(O)c(O)c3)[C@H](O)[C@@H](O)[C@@H]2O)[C@H](O)[C@@H](O)[C@@H]1O. The average Bonchev–Trinajstić information content (AvgIpc) is 2.80. The number of aliphatic hydroxyl groups is 7. The molecule has 2 aliphatic rings. The average molecular weight is 478 g/mol. The zero-order chi connectivity index (χ0) is 24.3. The van der Waals surface area contributed by atoms with E-state index >= 15 is 0 Å². The number of rotatable bonds is 8. The summed E-state index contributed by atoms with van der Waals surface area (Å²) >= 11 is 0. The first-order chi connectivity index (χ1) is 15.6. The summed E-state index contributed by atoms with van der Waals surface area (Å²) in [4.78, 5) is 0. The second kappa shape index (κ2) is 11.2. The van der Waals surface area contributed by atoms with Gasteiger partial charge in [0.1, 0.15) is 48.8 Å². The highest BCUT2D eigenvalue weighted by molar-refractivity contribution is 5.40. The summed E-state index contributed by atoms with van der Waals surface area (Å²) in [7, 11) is 0. The highest BCUT2D eigenvalue weighted by Crippen LogP contribution is 2.27. The molecule has 1 aromatic rings. The van der Waals surface area contributed by atoms with Crippen LogP contribution in [0.5, 0.6) is 11.5 Å². The van der Waals surface area contributed by atoms with Crippen LogP contribution in [0.25, 0.3) is 0 Å². The van der Waals surface area contributed by atoms with Gasteiger partial charge in [-0.3, -0.25) is 0 Å². The number of aliphatic hydroxyl groups excluding tert-OH is 7. The summed E-state index contributed by atoms with van der Waals surface area (Å²) in [5, 5.41) is 88.3. The Morgan fingerprint density at radius 1 is 0.697 bits per heavy atom. The van der Waals surface area contributed by atoms with Crippen LogP contribution in [-0.4, -0.2) is 127 Å². The molecule has 2 saturated heterocycles. The number of benzene rings is 1. The fraction of sp³-hybridized carbons (Fsp3) is 0.700. The summed E-state index contributed by atoms with van der Waals surface area (Å²) in [6, 6.07) is 4.21. The Morgan fingerprint density at radius 3 is 1.88 bits per heavy atom. The summed E-state index contributed by atoms with van der Waals surface area (Å²) in [6.45, 7) is -1.11. The maximum Gasteiger partial charge on any atom is 0.186 e. The highest BCUT2D eigenvalue weighted by atomic mass is 16.7. The quantitative estimate of drug-likeness (QED) is 0.164. The Kier molecular flexibility index (Phi) is 8.82. The Morgan fingerprint density at radius 2 is 1.27 bits per heavy atom. The van der Waals surface area contributed by atoms with Gasteiger partial charge in [-0.2, -0.15) is 0 Å². The van der Waals surface area contributed by atoms with Crippen molar-refractivity contribution in [2.45, 2.75) is 67.8 Å². The van der Waals surface area contributed by atoms with Crippen LogP contribution in [0.1, 0.15) is 5.56 Å². The van der Waals surface area contributed by atoms with Gasteiger partial charge in [-0.25, -0.2) is 0 Å². The molecule has 188 valence electrons. The van der Waals surface area contributed by atoms with Gasteiger partial charge in [0.15, 0.2) is 24.1 Å². The highest BCUT2D eigenvalue weighted by Gasteiger charge is 2.47. The largest absolute Gasteiger partial charge is 0.504 e. The van der Waals surface area contributed by atoms with Gasteiger partial charge in [0.25, 0.3) is 0 Å². The van der Waals surface area contributed by atoms with E-state index in [9.17, 15) is 46.0 Å². The molecule has 0 saturated carbocycles. The number of aromatic hydroxyl groups is 2. The van der Waals surface area contributed by atoms with Crippen LogP contribution in [0.2, 0.25) is 0 Å². The van der Waals surface area contributed by atoms with E-state index in [1.54, 1.807) is 6.07 Å². The minimum Gasteiger partial charge on any atom is -0.504 e. The van der Waals surface area contributed by atoms with Crippen LogP contribution in [0.4, 0.5) is 0 Å². The molecule has 0 aliphatic carbocycles. The van der Waals surface area contributed by atoms with Crippen LogP contribution in [0.3, 0.4) is 0 Å². The molecule has 10 atom stereocenters. The molecule has 1 aromatic carbocycles. The molecule has 2 aliphatic heterocycles. The standard InChI is InChI=1S/C20H30O13/c21-6-11-13(24)15(26)18(29)20(32-11)31-7-12-14(25)16(27)17(28)19(33-12)30-4-3-8-1-2-9(22)10(23)5-8/h1-2,5,11-29H,3-4,6-7H2/t11-,12-,13-,14-,15+,16+,17-,18-,19-,20-/m1/s1. The van der Waals surface area contributed by atoms with Crippen LogP contribution < -0.4 is 0 Å². The van der Waals surface area contributed by atoms with Crippen molar-refractivity contribution >= 4 is 0 Å². The molecule has 2 heterocycles. The van der Waals surface area contributed by atoms with E-state index in [1.807, 2.05) is 0 Å². The topological polar surface area (TPSA) is 219 Å². The molecule has 13 nitrogen and oxygen atoms in total. The monoisotopic (exact) mass is 478 g/mol. The van der Waals surface area contributed by atoms with Crippen LogP contribution in [-0.2, 0) is 25.4 Å². The maximum absolute atomic E-state index is 10.2. The van der Waals surface area contributed by atoms with Crippen molar-refractivity contribution in [3.63, 3.8) is 0 Å². The van der Waals surface area contributed by atoms with Crippen molar-refractivity contribution in [3.05, 3.63) is 23.8 Å². The molecule has 2 fully saturated rings. The summed E-state index contributed by atoms with van der Waals surface area (Å²) in [5.74, 6) is -0.574. The van der Waals surface area contributed by atoms with Gasteiger partial charge in [-0.05, 0) is 24.1 Å². The molecular formula is C20H30O13. The van der Waals surface area contributed by atoms with Gasteiger partial charge >= 0.3 is 0 Å². The first kappa shape index (κ1) is 26.0. The minimum atomic E-state index is -1.66. The Balaban J connectivity index is 1.55. The fourth-order valence-electron chi connectivity index (χ4n) is 3.60. The van der Waals surface area contributed by atoms with E-state index in [2.05, 4.69) is 0 Å². The first-order valence-electron chi connectivity index (χ1n) is 10.4. The van der Waals surface area contributed by atoms with E-state index < -0.39 is 74.6 Å². The van der Waals surface area contributed by atoms with Gasteiger partial charge in [0.05, 0.1) is 19.8 Å². The van der Waals surface area contributed by atoms with Crippen molar-refractivity contribution < 1.29 is 64.9 Å². The van der Waals surface area contributed by atoms with Crippen LogP contribution in [0.15, 0.2) is 18.2 Å². The van der Waals surface area contributed by atoms with E-state index in [0.717, 1.165) is 0 Å². The van der Waals surface area contributed by atoms with Gasteiger partial charge in [0.2, 0.25) is 0 Å². The molecule has 33 heavy (non-hydrogen) atoms. The molecule has 0 aromatic heterocycles. The smallest absolute Gasteiger partial charge is 0.186 e. The first-order valence-corrected chi connectivity index (χ1v) is 10.4. The lowest BCUT2D eigenvalue weighted by Gasteiger charge is -2.42. The number of phenols is 2. The Hall–Kier alpha value is -1.62. The zero-order valence-electron chi connectivity index (χ0n) is 17.5. The van der Waals surface area contributed by atoms with Gasteiger partial charge in [-0.15, -0.1) is 0 Å². The Labute approximate surface area is 188 Å². The lowest BCUT2D eigenvalue weighted by Crippen LogP contribution is -2.61. The molecule has 3 rings (SSSR count). The lowest BCUT2D eigenvalue weighted by atomic mass is 9.98. The van der Waals surface area contributed by atoms with Crippen molar-refractivity contribution in [3.8, 4) is 11.5 Å². The number of hydrogen-bond donors (Lipinski definition) is 9. The van der Waals surface area contributed by atoms with E-state index in [1.165, 1.54) is 12.1 Å². The van der Waals surface area contributed by atoms with Gasteiger partial charge < -0.3 is 64.9 Å². The van der Waals surface area contributed by atoms with E-state index in [4.69, 9.17) is 18.9 Å². The van der Waals surface area contributed by atoms with Crippen molar-refractivity contribution in [2.75, 3.05) is 19.8 Å². The Bertz CT molecular complexity index is 761. The molecule has 0 radical (unpaired) electrons. The molecule has 13 heteroatoms. The molecule has 0 amide bonds. The third-order valence-electron chi connectivity index (χ3n) is 5.65. The second-order valence-electron chi connectivity index (χ2n) is 7.99. The molecule has 0 bridgehead atoms. The minimum absolute atomic E-state index is 0.00492. The molecule has 9 N–H and O–H groups in total. The van der Waals surface area contributed by atoms with Gasteiger partial charge in [0, 0.05) is 0 Å². The fourth-order valence-corrected chi connectivity index (χ4v) is 3.60. The zero-order valence-corrected chi connectivity index (χ0v) is 17.5. The van der Waals surface area contributed by atoms with Crippen LogP contribution >= 0.6 is 0 Å². The van der Waals surface area contributed by atoms with Crippen LogP contribution in [0, 0.1) is 0 Å². The number of ether oxygens (including phenoxy) is 4. The van der Waals surface area contributed by atoms with Gasteiger partial charge in [-0.1, -0.05) is 6.07 Å². The van der Waals surface area contributed by atoms with Crippen molar-refractivity contribution in [2.24, 2.45) is 0 Å². The van der Waals surface area contributed by atoms with Crippen molar-refractivity contribution in [1.29, 1.82) is 0 Å². The summed E-state index contributed by atoms with van der Waals surface area (Å²) < 4.78 is 21.5. The lowest BCUT2D eigenvalue weighted by molar-refractivity contribution is -0.331. The molecule has 0 spiro atoms. The van der Waals surface area contributed by atoms with E-state index in [0.29, 0.717) is 5.56 Å². The molecular weight excluding hydrogens is 448 g/mol. The van der Waals surface area contributed by atoms with E-state index in [-0.39, 0.29) is 24.5 Å². The van der Waals surface area contributed by atoms with Crippen molar-refractivity contribution in [1.82, 2.24) is 0 Å². The third kappa shape index (κ3) is 5.90. The summed E-state index contributed by atoms with van der Waals surface area (Å²) in [6.07, 6.45) is -14.7. The predicted molar refractivity (Wildman–Crippen MR) is 106 cm³/mol. The second-order valence-corrected chi connectivity index (χ2v) is 7.99.